The van der Waals surface area contributed by atoms with E-state index in [1.807, 2.05) is 17.8 Å². The molecule has 3 heterocycles. The first kappa shape index (κ1) is 18.7. The lowest BCUT2D eigenvalue weighted by molar-refractivity contribution is -0.126. The third-order valence-electron chi connectivity index (χ3n) is 5.76. The second kappa shape index (κ2) is 8.12. The molecule has 2 saturated heterocycles. The summed E-state index contributed by atoms with van der Waals surface area (Å²) in [6.45, 7) is 3.21. The minimum Gasteiger partial charge on any atom is -0.361 e. The van der Waals surface area contributed by atoms with E-state index >= 15 is 0 Å². The Labute approximate surface area is 165 Å². The second-order valence-electron chi connectivity index (χ2n) is 7.62. The normalized spacial score (nSPS) is 28.4. The number of nitrogens with one attached hydrogen (secondary N) is 1. The van der Waals surface area contributed by atoms with Crippen molar-refractivity contribution in [2.75, 3.05) is 25.4 Å². The topological polar surface area (TPSA) is 87.6 Å². The molecule has 3 aliphatic rings. The van der Waals surface area contributed by atoms with Crippen LogP contribution in [-0.4, -0.2) is 58.4 Å². The maximum Gasteiger partial charge on any atom is 0.249 e. The van der Waals surface area contributed by atoms with Crippen molar-refractivity contribution in [2.45, 2.75) is 43.1 Å². The summed E-state index contributed by atoms with van der Waals surface area (Å²) in [5, 5.41) is 3.39. The van der Waals surface area contributed by atoms with E-state index in [4.69, 9.17) is 11.5 Å². The number of fused-ring (bicyclic) bond motifs is 1. The lowest BCUT2D eigenvalue weighted by Gasteiger charge is -2.45. The number of hydrogen-bond acceptors (Lipinski definition) is 6. The molecule has 0 aliphatic carbocycles. The van der Waals surface area contributed by atoms with E-state index < -0.39 is 0 Å². The molecule has 1 amide bonds. The second-order valence-corrected chi connectivity index (χ2v) is 8.97. The van der Waals surface area contributed by atoms with Crippen molar-refractivity contribution in [2.24, 2.45) is 11.5 Å². The van der Waals surface area contributed by atoms with Crippen molar-refractivity contribution in [3.05, 3.63) is 47.4 Å². The number of carbonyl (C=O) groups is 1. The van der Waals surface area contributed by atoms with Crippen molar-refractivity contribution < 1.29 is 4.79 Å². The Hall–Kier alpha value is -1.70. The third kappa shape index (κ3) is 3.95. The van der Waals surface area contributed by atoms with Crippen molar-refractivity contribution >= 4 is 17.7 Å². The molecule has 3 unspecified atom stereocenters. The number of nitrogens with zero attached hydrogens (tertiary/aromatic N) is 2. The molecular formula is C20H29N5OS. The minimum atomic E-state index is -0.128. The van der Waals surface area contributed by atoms with Gasteiger partial charge >= 0.3 is 0 Å². The Kier molecular flexibility index (Phi) is 5.61. The van der Waals surface area contributed by atoms with Crippen molar-refractivity contribution in [3.8, 4) is 0 Å². The van der Waals surface area contributed by atoms with Crippen LogP contribution < -0.4 is 16.8 Å². The summed E-state index contributed by atoms with van der Waals surface area (Å²) in [6.07, 6.45) is 5.14. The fourth-order valence-corrected chi connectivity index (χ4v) is 5.72. The first-order chi connectivity index (χ1) is 13.2. The Balaban J connectivity index is 1.52. The molecule has 5 N–H and O–H groups in total. The Morgan fingerprint density at radius 1 is 1.22 bits per heavy atom. The predicted molar refractivity (Wildman–Crippen MR) is 110 cm³/mol. The summed E-state index contributed by atoms with van der Waals surface area (Å²) in [7, 11) is 0. The van der Waals surface area contributed by atoms with Crippen LogP contribution in [0.3, 0.4) is 0 Å². The Morgan fingerprint density at radius 3 is 2.81 bits per heavy atom. The number of piperidine rings is 1. The number of likely N-dealkylation sites (tertiary alicyclic amines) is 1. The fourth-order valence-electron chi connectivity index (χ4n) is 4.34. The van der Waals surface area contributed by atoms with Gasteiger partial charge in [0.15, 0.2) is 0 Å². The summed E-state index contributed by atoms with van der Waals surface area (Å²) in [6, 6.07) is 8.36. The van der Waals surface area contributed by atoms with E-state index in [2.05, 4.69) is 39.5 Å². The number of hydrogen-bond donors (Lipinski definition) is 3. The summed E-state index contributed by atoms with van der Waals surface area (Å²) in [5.41, 5.74) is 14.5. The van der Waals surface area contributed by atoms with Crippen molar-refractivity contribution in [1.29, 1.82) is 0 Å². The van der Waals surface area contributed by atoms with E-state index in [1.165, 1.54) is 11.1 Å². The highest BCUT2D eigenvalue weighted by molar-refractivity contribution is 8.00. The first-order valence-corrected chi connectivity index (χ1v) is 10.9. The molecule has 0 radical (unpaired) electrons. The van der Waals surface area contributed by atoms with Crippen LogP contribution in [0.25, 0.3) is 0 Å². The van der Waals surface area contributed by atoms with Crippen LogP contribution in [0.15, 0.2) is 36.3 Å². The van der Waals surface area contributed by atoms with Crippen LogP contribution in [-0.2, 0) is 17.8 Å². The minimum absolute atomic E-state index is 0.106. The van der Waals surface area contributed by atoms with E-state index in [0.29, 0.717) is 6.54 Å². The van der Waals surface area contributed by atoms with Gasteiger partial charge < -0.3 is 26.6 Å². The number of thioether (sulfide) groups is 1. The zero-order chi connectivity index (χ0) is 18.8. The maximum absolute atomic E-state index is 13.0. The quantitative estimate of drug-likeness (QED) is 0.709. The average molecular weight is 388 g/mol. The molecule has 0 spiro atoms. The molecule has 6 nitrogen and oxygen atoms in total. The summed E-state index contributed by atoms with van der Waals surface area (Å²) < 4.78 is 0. The monoisotopic (exact) mass is 387 g/mol. The molecule has 146 valence electrons. The summed E-state index contributed by atoms with van der Waals surface area (Å²) in [4.78, 5) is 17.5. The van der Waals surface area contributed by atoms with Gasteiger partial charge in [-0.05, 0) is 30.4 Å². The molecule has 1 aromatic rings. The van der Waals surface area contributed by atoms with Gasteiger partial charge in [0.2, 0.25) is 5.91 Å². The van der Waals surface area contributed by atoms with Crippen molar-refractivity contribution in [1.82, 2.24) is 15.1 Å². The smallest absolute Gasteiger partial charge is 0.249 e. The molecule has 0 bridgehead atoms. The molecule has 4 rings (SSSR count). The Morgan fingerprint density at radius 2 is 2.04 bits per heavy atom. The highest BCUT2D eigenvalue weighted by Gasteiger charge is 2.40. The maximum atomic E-state index is 13.0. The number of carbonyl (C=O) groups excluding carboxylic acids is 1. The zero-order valence-corrected chi connectivity index (χ0v) is 16.5. The van der Waals surface area contributed by atoms with E-state index in [0.717, 1.165) is 50.5 Å². The zero-order valence-electron chi connectivity index (χ0n) is 15.6. The molecular weight excluding hydrogens is 358 g/mol. The number of amides is 1. The number of nitrogens with two attached hydrogens (primary N) is 2. The number of rotatable bonds is 4. The highest BCUT2D eigenvalue weighted by Crippen LogP contribution is 2.32. The predicted octanol–water partition coefficient (Wildman–Crippen LogP) is 0.826. The van der Waals surface area contributed by atoms with Gasteiger partial charge in [-0.1, -0.05) is 24.3 Å². The first-order valence-electron chi connectivity index (χ1n) is 9.83. The molecule has 3 atom stereocenters. The van der Waals surface area contributed by atoms with E-state index in [9.17, 15) is 4.79 Å². The van der Waals surface area contributed by atoms with Gasteiger partial charge in [0, 0.05) is 49.4 Å². The fraction of sp³-hybridized carbons (Fsp3) is 0.550. The van der Waals surface area contributed by atoms with Crippen LogP contribution in [0.1, 0.15) is 24.0 Å². The van der Waals surface area contributed by atoms with Crippen molar-refractivity contribution in [3.63, 3.8) is 0 Å². The standard InChI is InChI=1S/C20H29N5OS/c21-11-15-5-2-1-4-14(15)10-17-19-20(26)23-18(13-25(19)8-9-27-17)24-7-3-6-16(22)12-24/h1-2,4-5,13,16-17,19H,3,6-12,21-22H2,(H,23,26). The molecule has 0 aromatic heterocycles. The average Bonchev–Trinajstić information content (AvgIpc) is 2.68. The van der Waals surface area contributed by atoms with Gasteiger partial charge in [0.05, 0.1) is 0 Å². The summed E-state index contributed by atoms with van der Waals surface area (Å²) in [5.74, 6) is 2.05. The van der Waals surface area contributed by atoms with Gasteiger partial charge in [0.1, 0.15) is 11.9 Å². The van der Waals surface area contributed by atoms with Crippen LogP contribution in [0.4, 0.5) is 0 Å². The van der Waals surface area contributed by atoms with Crippen LogP contribution in [0.5, 0.6) is 0 Å². The molecule has 1 aromatic carbocycles. The molecule has 2 fully saturated rings. The van der Waals surface area contributed by atoms with Gasteiger partial charge in [-0.2, -0.15) is 11.8 Å². The molecule has 0 saturated carbocycles. The van der Waals surface area contributed by atoms with E-state index in [-0.39, 0.29) is 23.2 Å². The van der Waals surface area contributed by atoms with E-state index in [1.54, 1.807) is 0 Å². The lowest BCUT2D eigenvalue weighted by atomic mass is 9.97. The van der Waals surface area contributed by atoms with Gasteiger partial charge in [-0.25, -0.2) is 0 Å². The lowest BCUT2D eigenvalue weighted by Crippen LogP contribution is -2.59. The highest BCUT2D eigenvalue weighted by atomic mass is 32.2. The van der Waals surface area contributed by atoms with Gasteiger partial charge in [0.25, 0.3) is 0 Å². The summed E-state index contributed by atoms with van der Waals surface area (Å²) >= 11 is 1.90. The van der Waals surface area contributed by atoms with Crippen LogP contribution >= 0.6 is 11.8 Å². The largest absolute Gasteiger partial charge is 0.361 e. The Bertz CT molecular complexity index is 724. The number of benzene rings is 1. The molecule has 7 heteroatoms. The molecule has 3 aliphatic heterocycles. The SMILES string of the molecule is NCc1ccccc1CC1SCCN2C=C(N3CCCC(N)C3)NC(=O)C12. The van der Waals surface area contributed by atoms with Crippen LogP contribution in [0, 0.1) is 0 Å². The third-order valence-corrected chi connectivity index (χ3v) is 7.03. The van der Waals surface area contributed by atoms with Crippen LogP contribution in [0.2, 0.25) is 0 Å². The van der Waals surface area contributed by atoms with Gasteiger partial charge in [-0.15, -0.1) is 0 Å². The molecule has 27 heavy (non-hydrogen) atoms. The van der Waals surface area contributed by atoms with Gasteiger partial charge in [-0.3, -0.25) is 4.79 Å².